The zero-order valence-electron chi connectivity index (χ0n) is 7.60. The molecule has 0 radical (unpaired) electrons. The summed E-state index contributed by atoms with van der Waals surface area (Å²) in [6.07, 6.45) is 4.31. The van der Waals surface area contributed by atoms with Gasteiger partial charge in [-0.25, -0.2) is 0 Å². The third kappa shape index (κ3) is 1.52. The molecule has 0 spiro atoms. The van der Waals surface area contributed by atoms with E-state index < -0.39 is 11.4 Å². The highest BCUT2D eigenvalue weighted by atomic mass is 16.4. The molecular weight excluding hydrogens is 152 g/mol. The maximum Gasteiger partial charge on any atom is 0.309 e. The summed E-state index contributed by atoms with van der Waals surface area (Å²) in [4.78, 5) is 10.9. The lowest BCUT2D eigenvalue weighted by molar-refractivity contribution is -0.154. The van der Waals surface area contributed by atoms with E-state index in [-0.39, 0.29) is 0 Å². The van der Waals surface area contributed by atoms with Gasteiger partial charge < -0.3 is 5.11 Å². The number of hydrogen-bond donors (Lipinski definition) is 1. The third-order valence-corrected chi connectivity index (χ3v) is 2.85. The van der Waals surface area contributed by atoms with Gasteiger partial charge in [0.2, 0.25) is 0 Å². The summed E-state index contributed by atoms with van der Waals surface area (Å²) < 4.78 is 0. The van der Waals surface area contributed by atoms with Gasteiger partial charge in [-0.3, -0.25) is 4.79 Å². The van der Waals surface area contributed by atoms with Gasteiger partial charge in [0.05, 0.1) is 5.41 Å². The van der Waals surface area contributed by atoms with E-state index in [1.165, 1.54) is 0 Å². The highest BCUT2D eigenvalue weighted by Gasteiger charge is 2.44. The second-order valence-corrected chi connectivity index (χ2v) is 3.72. The lowest BCUT2D eigenvalue weighted by Gasteiger charge is -2.38. The first-order valence-electron chi connectivity index (χ1n) is 4.51. The Morgan fingerprint density at radius 3 is 2.42 bits per heavy atom. The fourth-order valence-corrected chi connectivity index (χ4v) is 1.67. The molecule has 0 aromatic heterocycles. The summed E-state index contributed by atoms with van der Waals surface area (Å²) >= 11 is 0. The quantitative estimate of drug-likeness (QED) is 0.655. The number of allylic oxidation sites excluding steroid dienone is 1. The summed E-state index contributed by atoms with van der Waals surface area (Å²) in [6, 6.07) is 0. The van der Waals surface area contributed by atoms with Crippen LogP contribution < -0.4 is 0 Å². The van der Waals surface area contributed by atoms with E-state index >= 15 is 0 Å². The number of aliphatic carboxylic acids is 1. The molecule has 0 unspecified atom stereocenters. The van der Waals surface area contributed by atoms with Crippen molar-refractivity contribution in [3.63, 3.8) is 0 Å². The second kappa shape index (κ2) is 3.30. The Kier molecular flexibility index (Phi) is 2.55. The first kappa shape index (κ1) is 9.30. The molecule has 0 saturated heterocycles. The van der Waals surface area contributed by atoms with Crippen molar-refractivity contribution in [2.24, 2.45) is 5.41 Å². The topological polar surface area (TPSA) is 37.3 Å². The lowest BCUT2D eigenvalue weighted by Crippen LogP contribution is -2.38. The minimum Gasteiger partial charge on any atom is -0.481 e. The molecule has 2 nitrogen and oxygen atoms in total. The zero-order valence-corrected chi connectivity index (χ0v) is 7.60. The van der Waals surface area contributed by atoms with Crippen molar-refractivity contribution < 1.29 is 9.90 Å². The van der Waals surface area contributed by atoms with Crippen LogP contribution in [0.2, 0.25) is 0 Å². The van der Waals surface area contributed by atoms with Crippen LogP contribution in [-0.4, -0.2) is 11.1 Å². The molecule has 68 valence electrons. The summed E-state index contributed by atoms with van der Waals surface area (Å²) in [5.41, 5.74) is 0.629. The van der Waals surface area contributed by atoms with Gasteiger partial charge in [-0.05, 0) is 25.7 Å². The summed E-state index contributed by atoms with van der Waals surface area (Å²) in [5.74, 6) is -0.636. The van der Waals surface area contributed by atoms with E-state index in [2.05, 4.69) is 6.58 Å². The largest absolute Gasteiger partial charge is 0.481 e. The standard InChI is InChI=1S/C10H16O2/c1-3-8(2)7-10(9(11)12)5-4-6-10/h2-7H2,1H3,(H,11,12). The average molecular weight is 168 g/mol. The summed E-state index contributed by atoms with van der Waals surface area (Å²) in [7, 11) is 0. The van der Waals surface area contributed by atoms with Crippen molar-refractivity contribution in [2.75, 3.05) is 0 Å². The van der Waals surface area contributed by atoms with E-state index in [1.807, 2.05) is 6.92 Å². The van der Waals surface area contributed by atoms with Gasteiger partial charge in [-0.1, -0.05) is 25.5 Å². The van der Waals surface area contributed by atoms with E-state index in [4.69, 9.17) is 5.11 Å². The minimum absolute atomic E-state index is 0.437. The Bertz CT molecular complexity index is 202. The minimum atomic E-state index is -0.636. The molecule has 1 aliphatic carbocycles. The molecule has 1 fully saturated rings. The van der Waals surface area contributed by atoms with Crippen LogP contribution in [0.4, 0.5) is 0 Å². The number of carboxylic acid groups (broad SMARTS) is 1. The van der Waals surface area contributed by atoms with Crippen molar-refractivity contribution in [2.45, 2.75) is 39.0 Å². The first-order chi connectivity index (χ1) is 5.60. The Balaban J connectivity index is 2.56. The predicted octanol–water partition coefficient (Wildman–Crippen LogP) is 2.60. The monoisotopic (exact) mass is 168 g/mol. The van der Waals surface area contributed by atoms with Crippen molar-refractivity contribution >= 4 is 5.97 Å². The Labute approximate surface area is 73.3 Å². The Morgan fingerprint density at radius 1 is 1.58 bits per heavy atom. The predicted molar refractivity (Wildman–Crippen MR) is 48.0 cm³/mol. The van der Waals surface area contributed by atoms with Gasteiger partial charge in [0.1, 0.15) is 0 Å². The van der Waals surface area contributed by atoms with Crippen molar-refractivity contribution in [1.82, 2.24) is 0 Å². The van der Waals surface area contributed by atoms with Gasteiger partial charge in [0, 0.05) is 0 Å². The molecule has 0 heterocycles. The van der Waals surface area contributed by atoms with E-state index in [0.29, 0.717) is 6.42 Å². The van der Waals surface area contributed by atoms with Gasteiger partial charge in [0.25, 0.3) is 0 Å². The maximum atomic E-state index is 10.9. The zero-order chi connectivity index (χ0) is 9.19. The smallest absolute Gasteiger partial charge is 0.309 e. The van der Waals surface area contributed by atoms with E-state index in [9.17, 15) is 4.79 Å². The van der Waals surface area contributed by atoms with E-state index in [1.54, 1.807) is 0 Å². The van der Waals surface area contributed by atoms with Gasteiger partial charge in [-0.2, -0.15) is 0 Å². The van der Waals surface area contributed by atoms with Crippen LogP contribution in [0, 0.1) is 5.41 Å². The lowest BCUT2D eigenvalue weighted by atomic mass is 9.65. The Morgan fingerprint density at radius 2 is 2.17 bits per heavy atom. The molecule has 0 aliphatic heterocycles. The normalized spacial score (nSPS) is 19.8. The molecule has 0 aromatic rings. The Hall–Kier alpha value is -0.790. The van der Waals surface area contributed by atoms with Crippen LogP contribution in [0.15, 0.2) is 12.2 Å². The number of rotatable bonds is 4. The molecular formula is C10H16O2. The van der Waals surface area contributed by atoms with Gasteiger partial charge in [0.15, 0.2) is 0 Å². The number of hydrogen-bond acceptors (Lipinski definition) is 1. The van der Waals surface area contributed by atoms with Crippen LogP contribution in [0.1, 0.15) is 39.0 Å². The summed E-state index contributed by atoms with van der Waals surface area (Å²) in [5, 5.41) is 8.99. The van der Waals surface area contributed by atoms with Crippen LogP contribution in [0.5, 0.6) is 0 Å². The molecule has 0 amide bonds. The highest BCUT2D eigenvalue weighted by molar-refractivity contribution is 5.76. The highest BCUT2D eigenvalue weighted by Crippen LogP contribution is 2.46. The molecule has 0 atom stereocenters. The number of carbonyl (C=O) groups is 1. The van der Waals surface area contributed by atoms with Gasteiger partial charge >= 0.3 is 5.97 Å². The van der Waals surface area contributed by atoms with Crippen LogP contribution >= 0.6 is 0 Å². The third-order valence-electron chi connectivity index (χ3n) is 2.85. The molecule has 1 rings (SSSR count). The van der Waals surface area contributed by atoms with Crippen LogP contribution in [0.3, 0.4) is 0 Å². The second-order valence-electron chi connectivity index (χ2n) is 3.72. The first-order valence-corrected chi connectivity index (χ1v) is 4.51. The molecule has 1 saturated carbocycles. The molecule has 0 bridgehead atoms. The van der Waals surface area contributed by atoms with Gasteiger partial charge in [-0.15, -0.1) is 0 Å². The van der Waals surface area contributed by atoms with Crippen LogP contribution in [-0.2, 0) is 4.79 Å². The average Bonchev–Trinajstić information content (AvgIpc) is 1.95. The number of carboxylic acids is 1. The van der Waals surface area contributed by atoms with Crippen LogP contribution in [0.25, 0.3) is 0 Å². The molecule has 0 aromatic carbocycles. The van der Waals surface area contributed by atoms with Crippen molar-refractivity contribution in [3.05, 3.63) is 12.2 Å². The van der Waals surface area contributed by atoms with Crippen molar-refractivity contribution in [3.8, 4) is 0 Å². The maximum absolute atomic E-state index is 10.9. The van der Waals surface area contributed by atoms with Crippen molar-refractivity contribution in [1.29, 1.82) is 0 Å². The fraction of sp³-hybridized carbons (Fsp3) is 0.700. The summed E-state index contributed by atoms with van der Waals surface area (Å²) in [6.45, 7) is 5.88. The SMILES string of the molecule is C=C(CC)CC1(C(=O)O)CCC1. The van der Waals surface area contributed by atoms with E-state index in [0.717, 1.165) is 31.3 Å². The fourth-order valence-electron chi connectivity index (χ4n) is 1.67. The molecule has 1 aliphatic rings. The molecule has 2 heteroatoms. The molecule has 1 N–H and O–H groups in total. The molecule has 12 heavy (non-hydrogen) atoms.